The first-order valence-electron chi connectivity index (χ1n) is 5.69. The van der Waals surface area contributed by atoms with Gasteiger partial charge in [0.25, 0.3) is 0 Å². The lowest BCUT2D eigenvalue weighted by Crippen LogP contribution is -2.43. The molecule has 0 aliphatic carbocycles. The van der Waals surface area contributed by atoms with E-state index in [1.165, 1.54) is 25.3 Å². The SMILES string of the molecule is COCC(N)C(=O)NCc1cc(Cl)ccc1OC(F)F.Cl. The number of ether oxygens (including phenoxy) is 2. The third kappa shape index (κ3) is 6.90. The second-order valence-electron chi connectivity index (χ2n) is 3.91. The number of carbonyl (C=O) groups excluding carboxylic acids is 1. The average molecular weight is 345 g/mol. The van der Waals surface area contributed by atoms with Gasteiger partial charge in [0.2, 0.25) is 5.91 Å². The maximum absolute atomic E-state index is 12.2. The molecule has 1 amide bonds. The molecule has 0 heterocycles. The number of alkyl halides is 2. The Morgan fingerprint density at radius 2 is 2.14 bits per heavy atom. The van der Waals surface area contributed by atoms with Crippen molar-refractivity contribution >= 4 is 29.9 Å². The summed E-state index contributed by atoms with van der Waals surface area (Å²) < 4.78 is 33.6. The number of nitrogens with one attached hydrogen (secondary N) is 1. The Labute approximate surface area is 132 Å². The summed E-state index contributed by atoms with van der Waals surface area (Å²) in [5, 5.41) is 2.84. The maximum Gasteiger partial charge on any atom is 0.387 e. The molecule has 1 rings (SSSR count). The Morgan fingerprint density at radius 1 is 1.48 bits per heavy atom. The average Bonchev–Trinajstić information content (AvgIpc) is 2.38. The van der Waals surface area contributed by atoms with Crippen molar-refractivity contribution in [1.82, 2.24) is 5.32 Å². The summed E-state index contributed by atoms with van der Waals surface area (Å²) in [5.74, 6) is -0.514. The van der Waals surface area contributed by atoms with Gasteiger partial charge in [-0.2, -0.15) is 8.78 Å². The number of carbonyl (C=O) groups is 1. The Bertz CT molecular complexity index is 464. The molecule has 0 spiro atoms. The van der Waals surface area contributed by atoms with Crippen LogP contribution in [0, 0.1) is 0 Å². The number of amides is 1. The van der Waals surface area contributed by atoms with E-state index in [4.69, 9.17) is 22.1 Å². The predicted molar refractivity (Wildman–Crippen MR) is 77.0 cm³/mol. The minimum atomic E-state index is -2.96. The van der Waals surface area contributed by atoms with Crippen molar-refractivity contribution in [3.8, 4) is 5.75 Å². The number of halogens is 4. The predicted octanol–water partition coefficient (Wildman–Crippen LogP) is 1.95. The van der Waals surface area contributed by atoms with Crippen LogP contribution in [0.4, 0.5) is 8.78 Å². The van der Waals surface area contributed by atoms with Crippen LogP contribution in [0.3, 0.4) is 0 Å². The molecule has 3 N–H and O–H groups in total. The molecule has 1 aromatic rings. The summed E-state index contributed by atoms with van der Waals surface area (Å²) in [5.41, 5.74) is 5.86. The third-order valence-corrected chi connectivity index (χ3v) is 2.61. The number of hydrogen-bond acceptors (Lipinski definition) is 4. The lowest BCUT2D eigenvalue weighted by Gasteiger charge is -2.14. The first-order valence-corrected chi connectivity index (χ1v) is 6.07. The first-order chi connectivity index (χ1) is 9.43. The topological polar surface area (TPSA) is 73.6 Å². The molecule has 9 heteroatoms. The van der Waals surface area contributed by atoms with Gasteiger partial charge in [-0.25, -0.2) is 0 Å². The minimum Gasteiger partial charge on any atom is -0.434 e. The number of nitrogens with two attached hydrogens (primary N) is 1. The molecule has 21 heavy (non-hydrogen) atoms. The second-order valence-corrected chi connectivity index (χ2v) is 4.35. The van der Waals surface area contributed by atoms with Gasteiger partial charge < -0.3 is 20.5 Å². The van der Waals surface area contributed by atoms with E-state index in [9.17, 15) is 13.6 Å². The van der Waals surface area contributed by atoms with E-state index in [2.05, 4.69) is 10.1 Å². The molecule has 0 saturated carbocycles. The maximum atomic E-state index is 12.2. The van der Waals surface area contributed by atoms with Gasteiger partial charge in [0, 0.05) is 24.2 Å². The van der Waals surface area contributed by atoms with Gasteiger partial charge >= 0.3 is 6.61 Å². The van der Waals surface area contributed by atoms with Gasteiger partial charge in [0.15, 0.2) is 0 Å². The van der Waals surface area contributed by atoms with Crippen LogP contribution in [-0.2, 0) is 16.1 Å². The fraction of sp³-hybridized carbons (Fsp3) is 0.417. The van der Waals surface area contributed by atoms with Crippen LogP contribution in [0.25, 0.3) is 0 Å². The lowest BCUT2D eigenvalue weighted by atomic mass is 10.2. The monoisotopic (exact) mass is 344 g/mol. The van der Waals surface area contributed by atoms with Crippen LogP contribution in [0.5, 0.6) is 5.75 Å². The van der Waals surface area contributed by atoms with E-state index >= 15 is 0 Å². The first kappa shape index (κ1) is 19.9. The highest BCUT2D eigenvalue weighted by atomic mass is 35.5. The molecule has 1 aromatic carbocycles. The summed E-state index contributed by atoms with van der Waals surface area (Å²) in [7, 11) is 1.42. The van der Waals surface area contributed by atoms with Gasteiger partial charge in [-0.1, -0.05) is 11.6 Å². The molecular weight excluding hydrogens is 329 g/mol. The van der Waals surface area contributed by atoms with E-state index in [1.807, 2.05) is 0 Å². The van der Waals surface area contributed by atoms with Crippen LogP contribution in [0.15, 0.2) is 18.2 Å². The minimum absolute atomic E-state index is 0. The normalized spacial score (nSPS) is 11.7. The van der Waals surface area contributed by atoms with E-state index in [0.717, 1.165) is 0 Å². The van der Waals surface area contributed by atoms with Crippen molar-refractivity contribution in [3.05, 3.63) is 28.8 Å². The smallest absolute Gasteiger partial charge is 0.387 e. The molecule has 120 valence electrons. The molecule has 0 aromatic heterocycles. The fourth-order valence-corrected chi connectivity index (χ4v) is 1.66. The Hall–Kier alpha value is -1.15. The number of hydrogen-bond donors (Lipinski definition) is 2. The van der Waals surface area contributed by atoms with Crippen LogP contribution in [0.2, 0.25) is 5.02 Å². The Balaban J connectivity index is 0.00000400. The van der Waals surface area contributed by atoms with E-state index < -0.39 is 18.6 Å². The quantitative estimate of drug-likeness (QED) is 0.792. The summed E-state index contributed by atoms with van der Waals surface area (Å²) in [6.45, 7) is -2.93. The standard InChI is InChI=1S/C12H15ClF2N2O3.ClH/c1-19-6-9(16)11(18)17-5-7-4-8(13)2-3-10(7)20-12(14)15;/h2-4,9,12H,5-6,16H2,1H3,(H,17,18);1H. The Kier molecular flexibility index (Phi) is 9.19. The zero-order chi connectivity index (χ0) is 15.1. The summed E-state index contributed by atoms with van der Waals surface area (Å²) >= 11 is 5.78. The van der Waals surface area contributed by atoms with Gasteiger partial charge in [-0.3, -0.25) is 4.79 Å². The van der Waals surface area contributed by atoms with Crippen molar-refractivity contribution < 1.29 is 23.0 Å². The number of rotatable bonds is 7. The van der Waals surface area contributed by atoms with Crippen LogP contribution >= 0.6 is 24.0 Å². The molecule has 5 nitrogen and oxygen atoms in total. The molecule has 0 aliphatic rings. The van der Waals surface area contributed by atoms with Crippen LogP contribution < -0.4 is 15.8 Å². The Morgan fingerprint density at radius 3 is 2.71 bits per heavy atom. The zero-order valence-corrected chi connectivity index (χ0v) is 12.7. The highest BCUT2D eigenvalue weighted by Crippen LogP contribution is 2.24. The van der Waals surface area contributed by atoms with Crippen molar-refractivity contribution in [1.29, 1.82) is 0 Å². The van der Waals surface area contributed by atoms with Gasteiger partial charge in [-0.05, 0) is 18.2 Å². The van der Waals surface area contributed by atoms with Crippen molar-refractivity contribution in [2.75, 3.05) is 13.7 Å². The van der Waals surface area contributed by atoms with Crippen LogP contribution in [0.1, 0.15) is 5.56 Å². The molecule has 1 unspecified atom stereocenters. The summed E-state index contributed by atoms with van der Waals surface area (Å²) in [4.78, 5) is 11.6. The summed E-state index contributed by atoms with van der Waals surface area (Å²) in [6.07, 6.45) is 0. The van der Waals surface area contributed by atoms with E-state index in [-0.39, 0.29) is 31.3 Å². The second kappa shape index (κ2) is 9.73. The number of methoxy groups -OCH3 is 1. The van der Waals surface area contributed by atoms with Gasteiger partial charge in [0.1, 0.15) is 11.8 Å². The van der Waals surface area contributed by atoms with Crippen molar-refractivity contribution in [2.45, 2.75) is 19.2 Å². The molecule has 0 bridgehead atoms. The van der Waals surface area contributed by atoms with E-state index in [1.54, 1.807) is 0 Å². The summed E-state index contributed by atoms with van der Waals surface area (Å²) in [6, 6.07) is 3.33. The van der Waals surface area contributed by atoms with Crippen LogP contribution in [-0.4, -0.2) is 32.3 Å². The lowest BCUT2D eigenvalue weighted by molar-refractivity contribution is -0.123. The highest BCUT2D eigenvalue weighted by molar-refractivity contribution is 6.30. The number of benzene rings is 1. The molecule has 0 aliphatic heterocycles. The van der Waals surface area contributed by atoms with E-state index in [0.29, 0.717) is 10.6 Å². The van der Waals surface area contributed by atoms with Crippen molar-refractivity contribution in [3.63, 3.8) is 0 Å². The van der Waals surface area contributed by atoms with Gasteiger partial charge in [-0.15, -0.1) is 12.4 Å². The molecule has 0 radical (unpaired) electrons. The molecule has 0 fully saturated rings. The molecular formula is C12H16Cl2F2N2O3. The zero-order valence-electron chi connectivity index (χ0n) is 11.1. The highest BCUT2D eigenvalue weighted by Gasteiger charge is 2.15. The van der Waals surface area contributed by atoms with Gasteiger partial charge in [0.05, 0.1) is 6.61 Å². The third-order valence-electron chi connectivity index (χ3n) is 2.37. The van der Waals surface area contributed by atoms with Crippen molar-refractivity contribution in [2.24, 2.45) is 5.73 Å². The fourth-order valence-electron chi connectivity index (χ4n) is 1.47. The molecule has 1 atom stereocenters. The molecule has 0 saturated heterocycles. The largest absolute Gasteiger partial charge is 0.434 e.